The first-order chi connectivity index (χ1) is 6.70. The number of aliphatic hydroxyl groups excluding tert-OH is 1. The summed E-state index contributed by atoms with van der Waals surface area (Å²) in [7, 11) is 0. The van der Waals surface area contributed by atoms with Gasteiger partial charge in [0.25, 0.3) is 0 Å². The molecule has 0 spiro atoms. The second kappa shape index (κ2) is 3.95. The van der Waals surface area contributed by atoms with Crippen LogP contribution in [-0.4, -0.2) is 10.9 Å². The molecule has 0 bridgehead atoms. The molecule has 0 aromatic heterocycles. The summed E-state index contributed by atoms with van der Waals surface area (Å²) in [5, 5.41) is 10.0. The molecule has 1 atom stereocenters. The van der Waals surface area contributed by atoms with Crippen LogP contribution in [0, 0.1) is 13.8 Å². The minimum atomic E-state index is -0.250. The van der Waals surface area contributed by atoms with Gasteiger partial charge in [-0.1, -0.05) is 12.1 Å². The number of rotatable bonds is 0. The maximum absolute atomic E-state index is 10.0. The zero-order valence-corrected chi connectivity index (χ0v) is 9.53. The molecule has 2 rings (SSSR count). The van der Waals surface area contributed by atoms with Crippen molar-refractivity contribution in [3.05, 3.63) is 34.4 Å². The summed E-state index contributed by atoms with van der Waals surface area (Å²) >= 11 is 1.93. The Kier molecular flexibility index (Phi) is 2.84. The lowest BCUT2D eigenvalue weighted by molar-refractivity contribution is 0.174. The van der Waals surface area contributed by atoms with Crippen LogP contribution in [0.2, 0.25) is 0 Å². The third kappa shape index (κ3) is 1.69. The van der Waals surface area contributed by atoms with Crippen molar-refractivity contribution in [3.63, 3.8) is 0 Å². The summed E-state index contributed by atoms with van der Waals surface area (Å²) in [4.78, 5) is 0. The van der Waals surface area contributed by atoms with Gasteiger partial charge in [0.15, 0.2) is 0 Å². The van der Waals surface area contributed by atoms with Crippen molar-refractivity contribution in [2.24, 2.45) is 0 Å². The number of thioether (sulfide) groups is 1. The molecule has 1 nitrogen and oxygen atoms in total. The predicted octanol–water partition coefficient (Wildman–Crippen LogP) is 2.97. The number of hydrogen-bond acceptors (Lipinski definition) is 2. The maximum Gasteiger partial charge on any atom is 0.0803 e. The number of hydrogen-bond donors (Lipinski definition) is 1. The van der Waals surface area contributed by atoms with Crippen LogP contribution in [0.4, 0.5) is 0 Å². The molecule has 1 aromatic carbocycles. The minimum Gasteiger partial charge on any atom is -0.388 e. The van der Waals surface area contributed by atoms with E-state index in [9.17, 15) is 5.11 Å². The Morgan fingerprint density at radius 1 is 1.29 bits per heavy atom. The molecule has 0 saturated heterocycles. The van der Waals surface area contributed by atoms with Crippen LogP contribution in [0.5, 0.6) is 0 Å². The lowest BCUT2D eigenvalue weighted by atomic mass is 9.93. The first-order valence-electron chi connectivity index (χ1n) is 5.05. The Hall–Kier alpha value is -0.470. The quantitative estimate of drug-likeness (QED) is 0.707. The van der Waals surface area contributed by atoms with Gasteiger partial charge in [-0.15, -0.1) is 0 Å². The van der Waals surface area contributed by atoms with Crippen LogP contribution in [0.1, 0.15) is 34.8 Å². The van der Waals surface area contributed by atoms with E-state index in [1.54, 1.807) is 0 Å². The summed E-state index contributed by atoms with van der Waals surface area (Å²) in [6, 6.07) is 4.28. The van der Waals surface area contributed by atoms with E-state index in [1.807, 2.05) is 11.8 Å². The molecule has 0 unspecified atom stereocenters. The van der Waals surface area contributed by atoms with Gasteiger partial charge in [-0.25, -0.2) is 0 Å². The van der Waals surface area contributed by atoms with Crippen molar-refractivity contribution in [2.75, 3.05) is 5.75 Å². The van der Waals surface area contributed by atoms with E-state index in [1.165, 1.54) is 22.3 Å². The number of fused-ring (bicyclic) bond motifs is 1. The fourth-order valence-corrected chi connectivity index (χ4v) is 3.18. The van der Waals surface area contributed by atoms with Crippen LogP contribution < -0.4 is 0 Å². The topological polar surface area (TPSA) is 20.2 Å². The second-order valence-corrected chi connectivity index (χ2v) is 5.05. The zero-order valence-electron chi connectivity index (χ0n) is 8.71. The van der Waals surface area contributed by atoms with Crippen LogP contribution in [0.25, 0.3) is 0 Å². The van der Waals surface area contributed by atoms with Crippen molar-refractivity contribution in [2.45, 2.75) is 32.1 Å². The molecule has 1 aromatic rings. The van der Waals surface area contributed by atoms with Gasteiger partial charge in [-0.2, -0.15) is 11.8 Å². The van der Waals surface area contributed by atoms with Gasteiger partial charge in [-0.05, 0) is 48.3 Å². The van der Waals surface area contributed by atoms with Crippen molar-refractivity contribution in [1.82, 2.24) is 0 Å². The summed E-state index contributed by atoms with van der Waals surface area (Å²) in [5.41, 5.74) is 5.11. The largest absolute Gasteiger partial charge is 0.388 e. The van der Waals surface area contributed by atoms with E-state index in [4.69, 9.17) is 0 Å². The van der Waals surface area contributed by atoms with Gasteiger partial charge < -0.3 is 5.11 Å². The zero-order chi connectivity index (χ0) is 10.1. The summed E-state index contributed by atoms with van der Waals surface area (Å²) < 4.78 is 0. The Morgan fingerprint density at radius 3 is 2.79 bits per heavy atom. The Balaban J connectivity index is 2.57. The molecule has 2 heteroatoms. The van der Waals surface area contributed by atoms with Crippen molar-refractivity contribution >= 4 is 11.8 Å². The first kappa shape index (κ1) is 10.1. The fraction of sp³-hybridized carbons (Fsp3) is 0.500. The summed E-state index contributed by atoms with van der Waals surface area (Å²) in [6.45, 7) is 4.23. The molecule has 0 aliphatic carbocycles. The number of aryl methyl sites for hydroxylation is 2. The Morgan fingerprint density at radius 2 is 2.00 bits per heavy atom. The fourth-order valence-electron chi connectivity index (χ4n) is 2.06. The Labute approximate surface area is 89.5 Å². The van der Waals surface area contributed by atoms with Crippen LogP contribution in [-0.2, 0) is 5.75 Å². The van der Waals surface area contributed by atoms with Crippen LogP contribution >= 0.6 is 11.8 Å². The highest BCUT2D eigenvalue weighted by molar-refractivity contribution is 7.98. The predicted molar refractivity (Wildman–Crippen MR) is 61.7 cm³/mol. The highest BCUT2D eigenvalue weighted by Gasteiger charge is 2.19. The normalized spacial score (nSPS) is 21.5. The van der Waals surface area contributed by atoms with E-state index in [0.29, 0.717) is 0 Å². The third-order valence-electron chi connectivity index (χ3n) is 2.92. The SMILES string of the molecule is Cc1ccc(C)c2c1CSCC[C@@H]2O. The molecule has 14 heavy (non-hydrogen) atoms. The van der Waals surface area contributed by atoms with Gasteiger partial charge in [0.2, 0.25) is 0 Å². The molecule has 0 fully saturated rings. The smallest absolute Gasteiger partial charge is 0.0803 e. The molecule has 1 aliphatic heterocycles. The number of aliphatic hydroxyl groups is 1. The molecular formula is C12H16OS. The lowest BCUT2D eigenvalue weighted by Crippen LogP contribution is -2.03. The number of benzene rings is 1. The third-order valence-corrected chi connectivity index (χ3v) is 3.94. The highest BCUT2D eigenvalue weighted by atomic mass is 32.2. The standard InChI is InChI=1S/C12H16OS/c1-8-3-4-9(2)12-10(8)7-14-6-5-11(12)13/h3-4,11,13H,5-7H2,1-2H3/t11-/m0/s1. The first-order valence-corrected chi connectivity index (χ1v) is 6.20. The van der Waals surface area contributed by atoms with E-state index in [-0.39, 0.29) is 6.10 Å². The van der Waals surface area contributed by atoms with E-state index >= 15 is 0 Å². The van der Waals surface area contributed by atoms with E-state index in [0.717, 1.165) is 17.9 Å². The van der Waals surface area contributed by atoms with Crippen LogP contribution in [0.3, 0.4) is 0 Å². The average Bonchev–Trinajstić information content (AvgIpc) is 2.35. The molecule has 0 radical (unpaired) electrons. The monoisotopic (exact) mass is 208 g/mol. The Bertz CT molecular complexity index is 346. The van der Waals surface area contributed by atoms with Gasteiger partial charge >= 0.3 is 0 Å². The van der Waals surface area contributed by atoms with Crippen LogP contribution in [0.15, 0.2) is 12.1 Å². The van der Waals surface area contributed by atoms with E-state index < -0.39 is 0 Å². The van der Waals surface area contributed by atoms with E-state index in [2.05, 4.69) is 26.0 Å². The molecule has 1 aliphatic rings. The average molecular weight is 208 g/mol. The van der Waals surface area contributed by atoms with Crippen molar-refractivity contribution in [3.8, 4) is 0 Å². The highest BCUT2D eigenvalue weighted by Crippen LogP contribution is 2.34. The van der Waals surface area contributed by atoms with Gasteiger partial charge in [0, 0.05) is 5.75 Å². The van der Waals surface area contributed by atoms with Gasteiger partial charge in [-0.3, -0.25) is 0 Å². The molecule has 0 saturated carbocycles. The lowest BCUT2D eigenvalue weighted by Gasteiger charge is -2.16. The van der Waals surface area contributed by atoms with Crippen molar-refractivity contribution in [1.29, 1.82) is 0 Å². The molecule has 0 amide bonds. The summed E-state index contributed by atoms with van der Waals surface area (Å²) in [5.74, 6) is 2.12. The maximum atomic E-state index is 10.0. The second-order valence-electron chi connectivity index (χ2n) is 3.95. The van der Waals surface area contributed by atoms with Gasteiger partial charge in [0.05, 0.1) is 6.10 Å². The molecule has 1 heterocycles. The summed E-state index contributed by atoms with van der Waals surface area (Å²) in [6.07, 6.45) is 0.641. The van der Waals surface area contributed by atoms with Gasteiger partial charge in [0.1, 0.15) is 0 Å². The molecule has 76 valence electrons. The van der Waals surface area contributed by atoms with Crippen molar-refractivity contribution < 1.29 is 5.11 Å². The molecule has 1 N–H and O–H groups in total. The molecular weight excluding hydrogens is 192 g/mol. The minimum absolute atomic E-state index is 0.250.